The van der Waals surface area contributed by atoms with Crippen LogP contribution in [0.2, 0.25) is 0 Å². The lowest BCUT2D eigenvalue weighted by atomic mass is 9.93. The Balaban J connectivity index is 1.66. The van der Waals surface area contributed by atoms with Crippen molar-refractivity contribution in [3.05, 3.63) is 70.7 Å². The summed E-state index contributed by atoms with van der Waals surface area (Å²) < 4.78 is 30.8. The van der Waals surface area contributed by atoms with E-state index in [1.54, 1.807) is 49.2 Å². The SMILES string of the molecule is CCOC(=O)C1=C(CN2CCCN(C(=O)c3ccccc3F)CC2)N(C)C(=O)N[C@H]1c1cccc(OC)c1OC. The van der Waals surface area contributed by atoms with Crippen molar-refractivity contribution < 1.29 is 33.0 Å². The van der Waals surface area contributed by atoms with Gasteiger partial charge < -0.3 is 24.4 Å². The van der Waals surface area contributed by atoms with Gasteiger partial charge in [-0.1, -0.05) is 24.3 Å². The maximum absolute atomic E-state index is 14.3. The predicted molar refractivity (Wildman–Crippen MR) is 146 cm³/mol. The Labute approximate surface area is 233 Å². The number of hydrogen-bond donors (Lipinski definition) is 1. The summed E-state index contributed by atoms with van der Waals surface area (Å²) in [5, 5.41) is 2.91. The van der Waals surface area contributed by atoms with Crippen molar-refractivity contribution in [3.63, 3.8) is 0 Å². The van der Waals surface area contributed by atoms with Crippen molar-refractivity contribution in [1.29, 1.82) is 0 Å². The maximum Gasteiger partial charge on any atom is 0.338 e. The van der Waals surface area contributed by atoms with Crippen LogP contribution in [0, 0.1) is 5.82 Å². The minimum Gasteiger partial charge on any atom is -0.493 e. The molecule has 2 aromatic carbocycles. The van der Waals surface area contributed by atoms with E-state index in [0.717, 1.165) is 0 Å². The first-order chi connectivity index (χ1) is 19.3. The largest absolute Gasteiger partial charge is 0.493 e. The topological polar surface area (TPSA) is 101 Å². The Morgan fingerprint density at radius 3 is 2.50 bits per heavy atom. The van der Waals surface area contributed by atoms with Gasteiger partial charge in [0.25, 0.3) is 5.91 Å². The fourth-order valence-corrected chi connectivity index (χ4v) is 5.12. The van der Waals surface area contributed by atoms with Crippen molar-refractivity contribution in [1.82, 2.24) is 20.0 Å². The van der Waals surface area contributed by atoms with E-state index in [1.807, 2.05) is 0 Å². The summed E-state index contributed by atoms with van der Waals surface area (Å²) in [7, 11) is 4.62. The number of hydrogen-bond acceptors (Lipinski definition) is 7. The molecule has 1 fully saturated rings. The van der Waals surface area contributed by atoms with E-state index in [0.29, 0.717) is 60.9 Å². The van der Waals surface area contributed by atoms with Crippen LogP contribution < -0.4 is 14.8 Å². The number of ether oxygens (including phenoxy) is 3. The number of amides is 3. The Bertz CT molecular complexity index is 1300. The van der Waals surface area contributed by atoms with Crippen LogP contribution in [0.5, 0.6) is 11.5 Å². The highest BCUT2D eigenvalue weighted by Crippen LogP contribution is 2.40. The molecule has 1 atom stereocenters. The molecule has 0 saturated carbocycles. The minimum atomic E-state index is -0.839. The normalized spacial score (nSPS) is 18.2. The fourth-order valence-electron chi connectivity index (χ4n) is 5.12. The quantitative estimate of drug-likeness (QED) is 0.500. The number of rotatable bonds is 8. The van der Waals surface area contributed by atoms with Crippen LogP contribution in [0.1, 0.15) is 35.3 Å². The number of nitrogens with one attached hydrogen (secondary N) is 1. The highest BCUT2D eigenvalue weighted by atomic mass is 19.1. The van der Waals surface area contributed by atoms with Crippen molar-refractivity contribution in [2.75, 3.05) is 60.6 Å². The van der Waals surface area contributed by atoms with Gasteiger partial charge in [0.15, 0.2) is 11.5 Å². The second-order valence-electron chi connectivity index (χ2n) is 9.51. The van der Waals surface area contributed by atoms with Gasteiger partial charge in [-0.05, 0) is 31.5 Å². The third-order valence-corrected chi connectivity index (χ3v) is 7.17. The number of esters is 1. The van der Waals surface area contributed by atoms with Crippen LogP contribution in [-0.2, 0) is 9.53 Å². The molecular formula is C29H35FN4O6. The second kappa shape index (κ2) is 12.8. The van der Waals surface area contributed by atoms with Gasteiger partial charge >= 0.3 is 12.0 Å². The van der Waals surface area contributed by atoms with Gasteiger partial charge in [0.1, 0.15) is 5.82 Å². The number of benzene rings is 2. The highest BCUT2D eigenvalue weighted by Gasteiger charge is 2.39. The summed E-state index contributed by atoms with van der Waals surface area (Å²) in [6.07, 6.45) is 0.644. The van der Waals surface area contributed by atoms with E-state index < -0.39 is 17.8 Å². The van der Waals surface area contributed by atoms with Gasteiger partial charge in [0.05, 0.1) is 38.0 Å². The van der Waals surface area contributed by atoms with Crippen LogP contribution >= 0.6 is 0 Å². The Morgan fingerprint density at radius 2 is 1.80 bits per heavy atom. The first-order valence-corrected chi connectivity index (χ1v) is 13.2. The molecule has 0 radical (unpaired) electrons. The molecule has 4 rings (SSSR count). The molecule has 214 valence electrons. The van der Waals surface area contributed by atoms with Crippen molar-refractivity contribution in [2.24, 2.45) is 0 Å². The molecule has 0 bridgehead atoms. The fraction of sp³-hybridized carbons (Fsp3) is 0.414. The second-order valence-corrected chi connectivity index (χ2v) is 9.51. The van der Waals surface area contributed by atoms with E-state index in [1.165, 1.54) is 31.3 Å². The zero-order valence-electron chi connectivity index (χ0n) is 23.2. The molecule has 3 amide bonds. The van der Waals surface area contributed by atoms with Gasteiger partial charge in [0.2, 0.25) is 0 Å². The van der Waals surface area contributed by atoms with Crippen molar-refractivity contribution >= 4 is 17.9 Å². The van der Waals surface area contributed by atoms with Crippen molar-refractivity contribution in [3.8, 4) is 11.5 Å². The van der Waals surface area contributed by atoms with Gasteiger partial charge in [-0.2, -0.15) is 0 Å². The number of carbonyl (C=O) groups is 3. The molecular weight excluding hydrogens is 519 g/mol. The third kappa shape index (κ3) is 5.89. The predicted octanol–water partition coefficient (Wildman–Crippen LogP) is 3.20. The van der Waals surface area contributed by atoms with Gasteiger partial charge in [-0.15, -0.1) is 0 Å². The van der Waals surface area contributed by atoms with Crippen LogP contribution in [-0.4, -0.2) is 93.2 Å². The number of likely N-dealkylation sites (N-methyl/N-ethyl adjacent to an activating group) is 1. The molecule has 0 unspecified atom stereocenters. The van der Waals surface area contributed by atoms with Gasteiger partial charge in [0, 0.05) is 51.0 Å². The van der Waals surface area contributed by atoms with E-state index in [-0.39, 0.29) is 30.7 Å². The number of para-hydroxylation sites is 1. The Morgan fingerprint density at radius 1 is 1.02 bits per heavy atom. The standard InChI is InChI=1S/C29H35FN4O6/c1-5-40-28(36)24-22(32(2)29(37)31-25(24)20-11-8-13-23(38-3)26(20)39-4)18-33-14-9-15-34(17-16-33)27(35)19-10-6-7-12-21(19)30/h6-8,10-13,25H,5,9,14-18H2,1-4H3,(H,31,37)/t25-/m0/s1. The summed E-state index contributed by atoms with van der Waals surface area (Å²) in [5.74, 6) is -0.592. The van der Waals surface area contributed by atoms with E-state index >= 15 is 0 Å². The number of nitrogens with zero attached hydrogens (tertiary/aromatic N) is 3. The number of carbonyl (C=O) groups excluding carboxylic acids is 3. The highest BCUT2D eigenvalue weighted by molar-refractivity contribution is 5.96. The molecule has 1 N–H and O–H groups in total. The summed E-state index contributed by atoms with van der Waals surface area (Å²) in [5.41, 5.74) is 1.38. The molecule has 2 aliphatic rings. The molecule has 10 nitrogen and oxygen atoms in total. The zero-order chi connectivity index (χ0) is 28.8. The molecule has 1 saturated heterocycles. The van der Waals surface area contributed by atoms with E-state index in [4.69, 9.17) is 14.2 Å². The molecule has 2 aromatic rings. The van der Waals surface area contributed by atoms with Crippen LogP contribution in [0.4, 0.5) is 9.18 Å². The number of urea groups is 1. The lowest BCUT2D eigenvalue weighted by molar-refractivity contribution is -0.139. The van der Waals surface area contributed by atoms with Crippen LogP contribution in [0.15, 0.2) is 53.7 Å². The van der Waals surface area contributed by atoms with Crippen molar-refractivity contribution in [2.45, 2.75) is 19.4 Å². The zero-order valence-corrected chi connectivity index (χ0v) is 23.2. The average molecular weight is 555 g/mol. The molecule has 40 heavy (non-hydrogen) atoms. The van der Waals surface area contributed by atoms with E-state index in [9.17, 15) is 18.8 Å². The first-order valence-electron chi connectivity index (χ1n) is 13.2. The lowest BCUT2D eigenvalue weighted by Gasteiger charge is -2.37. The Kier molecular flexibility index (Phi) is 9.26. The summed E-state index contributed by atoms with van der Waals surface area (Å²) in [6.45, 7) is 4.08. The Hall–Kier alpha value is -4.12. The average Bonchev–Trinajstić information content (AvgIpc) is 3.20. The molecule has 0 aromatic heterocycles. The molecule has 2 heterocycles. The first kappa shape index (κ1) is 28.9. The number of halogens is 1. The smallest absolute Gasteiger partial charge is 0.338 e. The molecule has 0 aliphatic carbocycles. The van der Waals surface area contributed by atoms with Gasteiger partial charge in [-0.3, -0.25) is 14.6 Å². The van der Waals surface area contributed by atoms with E-state index in [2.05, 4.69) is 10.2 Å². The third-order valence-electron chi connectivity index (χ3n) is 7.17. The molecule has 0 spiro atoms. The summed E-state index contributed by atoms with van der Waals surface area (Å²) in [6, 6.07) is 10.00. The molecule has 2 aliphatic heterocycles. The maximum atomic E-state index is 14.3. The minimum absolute atomic E-state index is 0.0435. The van der Waals surface area contributed by atoms with Crippen LogP contribution in [0.25, 0.3) is 0 Å². The van der Waals surface area contributed by atoms with Gasteiger partial charge in [-0.25, -0.2) is 14.0 Å². The lowest BCUT2D eigenvalue weighted by Crippen LogP contribution is -2.49. The van der Waals surface area contributed by atoms with Crippen LogP contribution in [0.3, 0.4) is 0 Å². The monoisotopic (exact) mass is 554 g/mol. The summed E-state index contributed by atoms with van der Waals surface area (Å²) in [4.78, 5) is 44.7. The molecule has 11 heteroatoms. The summed E-state index contributed by atoms with van der Waals surface area (Å²) >= 11 is 0. The number of methoxy groups -OCH3 is 2.